The van der Waals surface area contributed by atoms with Gasteiger partial charge in [-0.2, -0.15) is 5.26 Å². The highest BCUT2D eigenvalue weighted by Crippen LogP contribution is 2.29. The van der Waals surface area contributed by atoms with Gasteiger partial charge in [0.15, 0.2) is 5.82 Å². The van der Waals surface area contributed by atoms with E-state index >= 15 is 0 Å². The maximum atomic E-state index is 13.9. The Morgan fingerprint density at radius 1 is 1.61 bits per heavy atom. The summed E-state index contributed by atoms with van der Waals surface area (Å²) in [6, 6.07) is 5.10. The van der Waals surface area contributed by atoms with Gasteiger partial charge in [-0.1, -0.05) is 0 Å². The summed E-state index contributed by atoms with van der Waals surface area (Å²) >= 11 is 3.09. The van der Waals surface area contributed by atoms with E-state index in [0.717, 1.165) is 19.4 Å². The second kappa shape index (κ2) is 5.25. The third kappa shape index (κ3) is 2.65. The average molecular weight is 313 g/mol. The van der Waals surface area contributed by atoms with Gasteiger partial charge in [0.25, 0.3) is 0 Å². The van der Waals surface area contributed by atoms with E-state index < -0.39 is 5.82 Å². The van der Waals surface area contributed by atoms with Crippen LogP contribution in [0.4, 0.5) is 10.1 Å². The van der Waals surface area contributed by atoms with Gasteiger partial charge in [0.2, 0.25) is 0 Å². The molecule has 1 aromatic rings. The first-order valence-electron chi connectivity index (χ1n) is 5.82. The fraction of sp³-hybridized carbons (Fsp3) is 0.462. The van der Waals surface area contributed by atoms with Crippen LogP contribution in [0.3, 0.4) is 0 Å². The van der Waals surface area contributed by atoms with E-state index in [2.05, 4.69) is 21.2 Å². The summed E-state index contributed by atoms with van der Waals surface area (Å²) in [5.41, 5.74) is 0.450. The molecular weight excluding hydrogens is 299 g/mol. The van der Waals surface area contributed by atoms with Crippen LogP contribution >= 0.6 is 15.9 Å². The highest BCUT2D eigenvalue weighted by Gasteiger charge is 2.29. The maximum absolute atomic E-state index is 13.9. The van der Waals surface area contributed by atoms with Crippen molar-refractivity contribution in [3.05, 3.63) is 28.0 Å². The molecule has 0 aliphatic carbocycles. The number of nitriles is 1. The Hall–Kier alpha value is -1.12. The summed E-state index contributed by atoms with van der Waals surface area (Å²) in [5, 5.41) is 11.8. The number of halogens is 2. The Kier molecular flexibility index (Phi) is 3.88. The Bertz CT molecular complexity index is 492. The fourth-order valence-electron chi connectivity index (χ4n) is 2.03. The van der Waals surface area contributed by atoms with Crippen LogP contribution in [-0.2, 0) is 4.74 Å². The van der Waals surface area contributed by atoms with Gasteiger partial charge >= 0.3 is 0 Å². The minimum Gasteiger partial charge on any atom is -0.380 e. The first-order valence-corrected chi connectivity index (χ1v) is 6.61. The number of rotatable bonds is 3. The van der Waals surface area contributed by atoms with Crippen molar-refractivity contribution < 1.29 is 9.13 Å². The topological polar surface area (TPSA) is 45.0 Å². The number of benzene rings is 1. The van der Waals surface area contributed by atoms with Gasteiger partial charge in [0.05, 0.1) is 21.3 Å². The Morgan fingerprint density at radius 2 is 2.39 bits per heavy atom. The molecule has 0 amide bonds. The van der Waals surface area contributed by atoms with Crippen LogP contribution < -0.4 is 5.32 Å². The van der Waals surface area contributed by atoms with Crippen molar-refractivity contribution in [3.8, 4) is 6.07 Å². The predicted octanol–water partition coefficient (Wildman–Crippen LogP) is 3.44. The molecule has 1 aromatic carbocycles. The zero-order valence-electron chi connectivity index (χ0n) is 10.1. The van der Waals surface area contributed by atoms with Crippen molar-refractivity contribution in [1.29, 1.82) is 5.26 Å². The van der Waals surface area contributed by atoms with E-state index in [-0.39, 0.29) is 10.1 Å². The standard InChI is InChI=1S/C13H14BrFN2O/c1-13(5-2-6-18-13)8-17-10-4-3-9(7-16)11(14)12(10)15/h3-4,17H,2,5-6,8H2,1H3. The van der Waals surface area contributed by atoms with Crippen molar-refractivity contribution in [2.75, 3.05) is 18.5 Å². The SMILES string of the molecule is CC1(CNc2ccc(C#N)c(Br)c2F)CCCO1. The summed E-state index contributed by atoms with van der Waals surface area (Å²) in [6.07, 6.45) is 2.01. The summed E-state index contributed by atoms with van der Waals surface area (Å²) in [4.78, 5) is 0. The average Bonchev–Trinajstić information content (AvgIpc) is 2.79. The molecule has 0 saturated carbocycles. The van der Waals surface area contributed by atoms with E-state index in [1.165, 1.54) is 0 Å². The highest BCUT2D eigenvalue weighted by atomic mass is 79.9. The van der Waals surface area contributed by atoms with Crippen molar-refractivity contribution in [2.45, 2.75) is 25.4 Å². The van der Waals surface area contributed by atoms with Crippen LogP contribution in [0.25, 0.3) is 0 Å². The molecule has 1 aliphatic heterocycles. The molecule has 1 unspecified atom stereocenters. The second-order valence-corrected chi connectivity index (χ2v) is 5.45. The molecule has 18 heavy (non-hydrogen) atoms. The second-order valence-electron chi connectivity index (χ2n) is 4.66. The van der Waals surface area contributed by atoms with Crippen LogP contribution in [0.2, 0.25) is 0 Å². The monoisotopic (exact) mass is 312 g/mol. The molecule has 0 bridgehead atoms. The largest absolute Gasteiger partial charge is 0.380 e. The van der Waals surface area contributed by atoms with E-state index in [4.69, 9.17) is 10.00 Å². The summed E-state index contributed by atoms with van der Waals surface area (Å²) in [5.74, 6) is -0.435. The van der Waals surface area contributed by atoms with Crippen LogP contribution in [0, 0.1) is 17.1 Å². The minimum absolute atomic E-state index is 0.201. The van der Waals surface area contributed by atoms with Gasteiger partial charge < -0.3 is 10.1 Å². The Labute approximate surface area is 114 Å². The van der Waals surface area contributed by atoms with Gasteiger partial charge in [-0.3, -0.25) is 0 Å². The van der Waals surface area contributed by atoms with Crippen molar-refractivity contribution >= 4 is 21.6 Å². The van der Waals surface area contributed by atoms with Gasteiger partial charge in [-0.25, -0.2) is 4.39 Å². The van der Waals surface area contributed by atoms with Crippen molar-refractivity contribution in [2.24, 2.45) is 0 Å². The molecule has 1 atom stereocenters. The predicted molar refractivity (Wildman–Crippen MR) is 70.9 cm³/mol. The number of anilines is 1. The molecule has 3 nitrogen and oxygen atoms in total. The van der Waals surface area contributed by atoms with E-state index in [1.54, 1.807) is 12.1 Å². The van der Waals surface area contributed by atoms with Gasteiger partial charge in [0.1, 0.15) is 6.07 Å². The smallest absolute Gasteiger partial charge is 0.161 e. The van der Waals surface area contributed by atoms with E-state index in [9.17, 15) is 4.39 Å². The number of hydrogen-bond acceptors (Lipinski definition) is 3. The minimum atomic E-state index is -0.435. The van der Waals surface area contributed by atoms with E-state index in [0.29, 0.717) is 17.8 Å². The molecule has 0 spiro atoms. The fourth-order valence-corrected chi connectivity index (χ4v) is 2.47. The van der Waals surface area contributed by atoms with Gasteiger partial charge in [-0.15, -0.1) is 0 Å². The molecule has 1 fully saturated rings. The summed E-state index contributed by atoms with van der Waals surface area (Å²) < 4.78 is 19.8. The number of nitrogens with one attached hydrogen (secondary N) is 1. The summed E-state index contributed by atoms with van der Waals surface area (Å²) in [6.45, 7) is 3.34. The molecule has 0 radical (unpaired) electrons. The van der Waals surface area contributed by atoms with Crippen molar-refractivity contribution in [3.63, 3.8) is 0 Å². The number of nitrogens with zero attached hydrogens (tertiary/aromatic N) is 1. The lowest BCUT2D eigenvalue weighted by atomic mass is 10.0. The first-order chi connectivity index (χ1) is 8.56. The molecule has 1 heterocycles. The van der Waals surface area contributed by atoms with Crippen LogP contribution in [0.15, 0.2) is 16.6 Å². The molecule has 1 saturated heterocycles. The Morgan fingerprint density at radius 3 is 3.00 bits per heavy atom. The first kappa shape index (κ1) is 13.3. The highest BCUT2D eigenvalue weighted by molar-refractivity contribution is 9.10. The normalized spacial score (nSPS) is 22.8. The Balaban J connectivity index is 2.11. The third-order valence-electron chi connectivity index (χ3n) is 3.16. The molecule has 96 valence electrons. The molecule has 5 heteroatoms. The summed E-state index contributed by atoms with van der Waals surface area (Å²) in [7, 11) is 0. The molecule has 2 rings (SSSR count). The zero-order chi connectivity index (χ0) is 13.2. The van der Waals surface area contributed by atoms with Crippen LogP contribution in [0.5, 0.6) is 0 Å². The number of hydrogen-bond donors (Lipinski definition) is 1. The molecular formula is C13H14BrFN2O. The quantitative estimate of drug-likeness (QED) is 0.930. The van der Waals surface area contributed by atoms with Gasteiger partial charge in [0, 0.05) is 13.2 Å². The third-order valence-corrected chi connectivity index (χ3v) is 3.93. The number of ether oxygens (including phenoxy) is 1. The molecule has 1 aliphatic rings. The molecule has 1 N–H and O–H groups in total. The lowest BCUT2D eigenvalue weighted by molar-refractivity contribution is 0.0315. The van der Waals surface area contributed by atoms with Crippen LogP contribution in [0.1, 0.15) is 25.3 Å². The van der Waals surface area contributed by atoms with Crippen LogP contribution in [-0.4, -0.2) is 18.8 Å². The molecule has 0 aromatic heterocycles. The zero-order valence-corrected chi connectivity index (χ0v) is 11.7. The van der Waals surface area contributed by atoms with E-state index in [1.807, 2.05) is 13.0 Å². The van der Waals surface area contributed by atoms with Gasteiger partial charge in [-0.05, 0) is 47.8 Å². The lowest BCUT2D eigenvalue weighted by Crippen LogP contribution is -2.32. The van der Waals surface area contributed by atoms with Crippen molar-refractivity contribution in [1.82, 2.24) is 0 Å². The lowest BCUT2D eigenvalue weighted by Gasteiger charge is -2.24. The maximum Gasteiger partial charge on any atom is 0.161 e.